The van der Waals surface area contributed by atoms with Crippen LogP contribution >= 0.6 is 0 Å². The van der Waals surface area contributed by atoms with E-state index in [1.807, 2.05) is 57.2 Å². The number of benzene rings is 2. The average Bonchev–Trinajstić information content (AvgIpc) is 2.52. The van der Waals surface area contributed by atoms with Gasteiger partial charge in [-0.2, -0.15) is 0 Å². The number of rotatable bonds is 5. The molecule has 2 aromatic rings. The first-order valence-electron chi connectivity index (χ1n) is 7.60. The third kappa shape index (κ3) is 4.03. The molecule has 1 N–H and O–H groups in total. The maximum absolute atomic E-state index is 12.4. The molecule has 4 heteroatoms. The largest absolute Gasteiger partial charge is 0.495 e. The fourth-order valence-corrected chi connectivity index (χ4v) is 2.25. The van der Waals surface area contributed by atoms with E-state index in [-0.39, 0.29) is 5.91 Å². The van der Waals surface area contributed by atoms with Crippen molar-refractivity contribution in [2.45, 2.75) is 33.8 Å². The van der Waals surface area contributed by atoms with E-state index in [1.54, 1.807) is 14.0 Å². The third-order valence-corrected chi connectivity index (χ3v) is 3.84. The molecule has 0 aliphatic heterocycles. The third-order valence-electron chi connectivity index (χ3n) is 3.84. The Morgan fingerprint density at radius 1 is 1.09 bits per heavy atom. The maximum Gasteiger partial charge on any atom is 0.265 e. The monoisotopic (exact) mass is 313 g/mol. The first-order chi connectivity index (χ1) is 10.9. The van der Waals surface area contributed by atoms with Gasteiger partial charge < -0.3 is 14.8 Å². The Morgan fingerprint density at radius 2 is 1.83 bits per heavy atom. The normalized spacial score (nSPS) is 11.7. The zero-order valence-electron chi connectivity index (χ0n) is 14.3. The summed E-state index contributed by atoms with van der Waals surface area (Å²) in [6.07, 6.45) is -0.610. The molecule has 1 unspecified atom stereocenters. The van der Waals surface area contributed by atoms with Gasteiger partial charge in [0.1, 0.15) is 11.5 Å². The Balaban J connectivity index is 2.11. The Labute approximate surface area is 137 Å². The van der Waals surface area contributed by atoms with Crippen molar-refractivity contribution >= 4 is 11.6 Å². The van der Waals surface area contributed by atoms with Gasteiger partial charge in [0, 0.05) is 0 Å². The van der Waals surface area contributed by atoms with Gasteiger partial charge in [-0.3, -0.25) is 4.79 Å². The highest BCUT2D eigenvalue weighted by molar-refractivity contribution is 5.95. The van der Waals surface area contributed by atoms with Gasteiger partial charge in [-0.1, -0.05) is 18.2 Å². The van der Waals surface area contributed by atoms with Crippen LogP contribution < -0.4 is 14.8 Å². The predicted octanol–water partition coefficient (Wildman–Crippen LogP) is 4.03. The molecule has 0 fully saturated rings. The molecule has 0 radical (unpaired) electrons. The number of aryl methyl sites for hydroxylation is 2. The Hall–Kier alpha value is -2.49. The number of anilines is 1. The molecule has 23 heavy (non-hydrogen) atoms. The highest BCUT2D eigenvalue weighted by Gasteiger charge is 2.18. The molecular formula is C19H23NO3. The molecule has 4 nitrogen and oxygen atoms in total. The van der Waals surface area contributed by atoms with Crippen LogP contribution in [0.3, 0.4) is 0 Å². The average molecular weight is 313 g/mol. The summed E-state index contributed by atoms with van der Waals surface area (Å²) in [6, 6.07) is 11.5. The Bertz CT molecular complexity index is 710. The zero-order chi connectivity index (χ0) is 17.0. The van der Waals surface area contributed by atoms with Crippen LogP contribution in [0.25, 0.3) is 0 Å². The summed E-state index contributed by atoms with van der Waals surface area (Å²) >= 11 is 0. The number of methoxy groups -OCH3 is 1. The number of hydrogen-bond donors (Lipinski definition) is 1. The number of amides is 1. The molecule has 0 bridgehead atoms. The lowest BCUT2D eigenvalue weighted by molar-refractivity contribution is -0.122. The summed E-state index contributed by atoms with van der Waals surface area (Å²) in [4.78, 5) is 12.4. The summed E-state index contributed by atoms with van der Waals surface area (Å²) in [5.74, 6) is 1.14. The van der Waals surface area contributed by atoms with E-state index >= 15 is 0 Å². The summed E-state index contributed by atoms with van der Waals surface area (Å²) in [5, 5.41) is 2.87. The second-order valence-corrected chi connectivity index (χ2v) is 5.65. The second kappa shape index (κ2) is 7.18. The molecule has 0 aromatic heterocycles. The summed E-state index contributed by atoms with van der Waals surface area (Å²) in [6.45, 7) is 7.70. The Morgan fingerprint density at radius 3 is 2.52 bits per heavy atom. The highest BCUT2D eigenvalue weighted by atomic mass is 16.5. The van der Waals surface area contributed by atoms with Crippen molar-refractivity contribution in [3.63, 3.8) is 0 Å². The second-order valence-electron chi connectivity index (χ2n) is 5.65. The number of ether oxygens (including phenoxy) is 2. The van der Waals surface area contributed by atoms with Crippen LogP contribution in [-0.2, 0) is 4.79 Å². The van der Waals surface area contributed by atoms with Crippen molar-refractivity contribution in [2.75, 3.05) is 12.4 Å². The molecule has 0 saturated carbocycles. The van der Waals surface area contributed by atoms with Crippen molar-refractivity contribution in [2.24, 2.45) is 0 Å². The first kappa shape index (κ1) is 16.9. The molecule has 0 saturated heterocycles. The van der Waals surface area contributed by atoms with Gasteiger partial charge in [0.15, 0.2) is 6.10 Å². The van der Waals surface area contributed by atoms with Crippen LogP contribution in [0, 0.1) is 20.8 Å². The standard InChI is InChI=1S/C19H23NO3/c1-12-9-10-18(22-5)16(11-12)20-19(21)15(4)23-17-8-6-7-13(2)14(17)3/h6-11,15H,1-5H3,(H,20,21). The number of hydrogen-bond acceptors (Lipinski definition) is 3. The van der Waals surface area contributed by atoms with E-state index in [1.165, 1.54) is 0 Å². The van der Waals surface area contributed by atoms with E-state index in [0.717, 1.165) is 22.4 Å². The minimum absolute atomic E-state index is 0.213. The fourth-order valence-electron chi connectivity index (χ4n) is 2.25. The van der Waals surface area contributed by atoms with Gasteiger partial charge in [0.25, 0.3) is 5.91 Å². The summed E-state index contributed by atoms with van der Waals surface area (Å²) < 4.78 is 11.1. The Kier molecular flexibility index (Phi) is 5.27. The van der Waals surface area contributed by atoms with E-state index in [9.17, 15) is 4.79 Å². The molecule has 0 spiro atoms. The molecule has 0 heterocycles. The van der Waals surface area contributed by atoms with Gasteiger partial charge in [0.05, 0.1) is 12.8 Å². The topological polar surface area (TPSA) is 47.6 Å². The van der Waals surface area contributed by atoms with Crippen molar-refractivity contribution in [1.29, 1.82) is 0 Å². The molecule has 2 rings (SSSR count). The maximum atomic E-state index is 12.4. The van der Waals surface area contributed by atoms with Crippen molar-refractivity contribution < 1.29 is 14.3 Å². The smallest absolute Gasteiger partial charge is 0.265 e. The first-order valence-corrected chi connectivity index (χ1v) is 7.60. The summed E-state index contributed by atoms with van der Waals surface area (Å²) in [7, 11) is 1.58. The molecule has 0 aliphatic rings. The lowest BCUT2D eigenvalue weighted by Gasteiger charge is -2.18. The van der Waals surface area contributed by atoms with Crippen molar-refractivity contribution in [1.82, 2.24) is 0 Å². The fraction of sp³-hybridized carbons (Fsp3) is 0.316. The van der Waals surface area contributed by atoms with Crippen LogP contribution in [0.5, 0.6) is 11.5 Å². The van der Waals surface area contributed by atoms with Crippen molar-refractivity contribution in [3.8, 4) is 11.5 Å². The van der Waals surface area contributed by atoms with Crippen LogP contribution in [0.15, 0.2) is 36.4 Å². The van der Waals surface area contributed by atoms with Crippen LogP contribution in [0.2, 0.25) is 0 Å². The molecule has 1 amide bonds. The van der Waals surface area contributed by atoms with Crippen LogP contribution in [-0.4, -0.2) is 19.1 Å². The lowest BCUT2D eigenvalue weighted by atomic mass is 10.1. The van der Waals surface area contributed by atoms with E-state index < -0.39 is 6.10 Å². The van der Waals surface area contributed by atoms with Gasteiger partial charge >= 0.3 is 0 Å². The number of nitrogens with one attached hydrogen (secondary N) is 1. The highest BCUT2D eigenvalue weighted by Crippen LogP contribution is 2.26. The zero-order valence-corrected chi connectivity index (χ0v) is 14.3. The number of carbonyl (C=O) groups is 1. The SMILES string of the molecule is COc1ccc(C)cc1NC(=O)C(C)Oc1cccc(C)c1C. The minimum atomic E-state index is -0.610. The molecule has 2 aromatic carbocycles. The van der Waals surface area contributed by atoms with Gasteiger partial charge in [-0.05, 0) is 62.6 Å². The quantitative estimate of drug-likeness (QED) is 0.906. The summed E-state index contributed by atoms with van der Waals surface area (Å²) in [5.41, 5.74) is 3.87. The number of carbonyl (C=O) groups excluding carboxylic acids is 1. The van der Waals surface area contributed by atoms with Crippen LogP contribution in [0.4, 0.5) is 5.69 Å². The predicted molar refractivity (Wildman–Crippen MR) is 92.4 cm³/mol. The van der Waals surface area contributed by atoms with Gasteiger partial charge in [-0.15, -0.1) is 0 Å². The molecular weight excluding hydrogens is 290 g/mol. The lowest BCUT2D eigenvalue weighted by Crippen LogP contribution is -2.30. The van der Waals surface area contributed by atoms with E-state index in [2.05, 4.69) is 5.32 Å². The minimum Gasteiger partial charge on any atom is -0.495 e. The molecule has 0 aliphatic carbocycles. The van der Waals surface area contributed by atoms with Gasteiger partial charge in [-0.25, -0.2) is 0 Å². The van der Waals surface area contributed by atoms with Crippen LogP contribution in [0.1, 0.15) is 23.6 Å². The molecule has 1 atom stereocenters. The van der Waals surface area contributed by atoms with Gasteiger partial charge in [0.2, 0.25) is 0 Å². The van der Waals surface area contributed by atoms with E-state index in [0.29, 0.717) is 11.4 Å². The van der Waals surface area contributed by atoms with Crippen molar-refractivity contribution in [3.05, 3.63) is 53.1 Å². The van der Waals surface area contributed by atoms with E-state index in [4.69, 9.17) is 9.47 Å². The molecule has 122 valence electrons.